The highest BCUT2D eigenvalue weighted by Crippen LogP contribution is 2.46. The summed E-state index contributed by atoms with van der Waals surface area (Å²) in [5.74, 6) is -0.526. The number of carbonyl (C=O) groups is 1. The van der Waals surface area contributed by atoms with Crippen LogP contribution in [0.2, 0.25) is 0 Å². The zero-order valence-electron chi connectivity index (χ0n) is 11.9. The number of hydrogen-bond acceptors (Lipinski definition) is 5. The molecule has 0 fully saturated rings. The van der Waals surface area contributed by atoms with Gasteiger partial charge in [-0.15, -0.1) is 10.2 Å². The quantitative estimate of drug-likeness (QED) is 0.179. The lowest BCUT2D eigenvalue weighted by Gasteiger charge is -2.13. The van der Waals surface area contributed by atoms with Crippen molar-refractivity contribution in [3.63, 3.8) is 0 Å². The zero-order chi connectivity index (χ0) is 16.6. The lowest BCUT2D eigenvalue weighted by molar-refractivity contribution is -0.138. The Morgan fingerprint density at radius 1 is 1.39 bits per heavy atom. The van der Waals surface area contributed by atoms with Gasteiger partial charge >= 0.3 is 5.97 Å². The van der Waals surface area contributed by atoms with Crippen LogP contribution < -0.4 is 0 Å². The van der Waals surface area contributed by atoms with E-state index in [-0.39, 0.29) is 12.2 Å². The van der Waals surface area contributed by atoms with Crippen LogP contribution in [0.15, 0.2) is 46.1 Å². The molecule has 1 aromatic heterocycles. The van der Waals surface area contributed by atoms with Gasteiger partial charge in [0.05, 0.1) is 6.61 Å². The number of alkyl halides is 2. The molecule has 8 heteroatoms. The lowest BCUT2D eigenvalue weighted by Crippen LogP contribution is -2.20. The number of halogens is 3. The minimum atomic E-state index is -1.27. The molecule has 1 unspecified atom stereocenters. The van der Waals surface area contributed by atoms with Crippen LogP contribution in [0.25, 0.3) is 16.5 Å². The summed E-state index contributed by atoms with van der Waals surface area (Å²) in [6.45, 7) is 1.99. The van der Waals surface area contributed by atoms with Gasteiger partial charge in [0, 0.05) is 5.39 Å². The molecular formula is C15H10ClI2N3O2. The van der Waals surface area contributed by atoms with Crippen molar-refractivity contribution in [2.75, 3.05) is 6.61 Å². The van der Waals surface area contributed by atoms with Gasteiger partial charge in [0.15, 0.2) is 0 Å². The van der Waals surface area contributed by atoms with E-state index in [1.165, 1.54) is 0 Å². The number of esters is 1. The number of carbonyl (C=O) groups excluding carboxylic acids is 1. The van der Waals surface area contributed by atoms with Gasteiger partial charge in [0.2, 0.25) is 3.00 Å². The Morgan fingerprint density at radius 3 is 2.87 bits per heavy atom. The first kappa shape index (κ1) is 17.0. The van der Waals surface area contributed by atoms with E-state index in [1.54, 1.807) is 6.92 Å². The molecule has 0 saturated carbocycles. The Balaban J connectivity index is 2.29. The summed E-state index contributed by atoms with van der Waals surface area (Å²) >= 11 is 10.3. The molecule has 0 radical (unpaired) electrons. The van der Waals surface area contributed by atoms with Crippen LogP contribution in [0.3, 0.4) is 0 Å². The Labute approximate surface area is 164 Å². The number of pyridine rings is 1. The van der Waals surface area contributed by atoms with Crippen molar-refractivity contribution >= 4 is 79.2 Å². The smallest absolute Gasteiger partial charge is 0.341 e. The van der Waals surface area contributed by atoms with Crippen molar-refractivity contribution in [2.45, 2.75) is 9.93 Å². The summed E-state index contributed by atoms with van der Waals surface area (Å²) in [6, 6.07) is 9.74. The Morgan fingerprint density at radius 2 is 2.13 bits per heavy atom. The molecule has 23 heavy (non-hydrogen) atoms. The summed E-state index contributed by atoms with van der Waals surface area (Å²) in [4.78, 5) is 16.9. The Kier molecular flexibility index (Phi) is 4.88. The van der Waals surface area contributed by atoms with Crippen LogP contribution in [-0.2, 0) is 9.53 Å². The minimum Gasteiger partial charge on any atom is -0.462 e. The fourth-order valence-electron chi connectivity index (χ4n) is 2.29. The van der Waals surface area contributed by atoms with E-state index in [2.05, 4.69) is 37.8 Å². The molecule has 0 spiro atoms. The predicted octanol–water partition coefficient (Wildman–Crippen LogP) is 4.91. The third-order valence-electron chi connectivity index (χ3n) is 3.23. The fourth-order valence-corrected chi connectivity index (χ4v) is 3.66. The van der Waals surface area contributed by atoms with Crippen molar-refractivity contribution in [2.24, 2.45) is 10.2 Å². The number of hydrogen-bond donors (Lipinski definition) is 0. The topological polar surface area (TPSA) is 63.9 Å². The minimum absolute atomic E-state index is 0.210. The van der Waals surface area contributed by atoms with Gasteiger partial charge in [-0.1, -0.05) is 35.9 Å². The van der Waals surface area contributed by atoms with Crippen molar-refractivity contribution in [1.82, 2.24) is 4.98 Å². The van der Waals surface area contributed by atoms with E-state index >= 15 is 0 Å². The van der Waals surface area contributed by atoms with E-state index in [0.29, 0.717) is 11.4 Å². The molecule has 0 bridgehead atoms. The van der Waals surface area contributed by atoms with E-state index in [0.717, 1.165) is 14.5 Å². The number of rotatable bonds is 3. The largest absolute Gasteiger partial charge is 0.462 e. The molecule has 0 N–H and O–H groups in total. The van der Waals surface area contributed by atoms with Gasteiger partial charge in [0.25, 0.3) is 0 Å². The van der Waals surface area contributed by atoms with Crippen LogP contribution in [0, 0.1) is 3.70 Å². The normalized spacial score (nSPS) is 20.3. The highest BCUT2D eigenvalue weighted by atomic mass is 127. The standard InChI is InChI=1S/C15H10ClI2N3O2/c1-2-23-14(22)11-13(20-21-15(11,16)18)12-9-6-4-3-5-8(9)7-10(17)19-12/h3-7H,2H2,1H3. The number of ether oxygens (including phenoxy) is 1. The molecule has 0 aliphatic carbocycles. The Bertz CT molecular complexity index is 865. The monoisotopic (exact) mass is 553 g/mol. The highest BCUT2D eigenvalue weighted by molar-refractivity contribution is 14.1. The molecule has 5 nitrogen and oxygen atoms in total. The van der Waals surface area contributed by atoms with Crippen molar-refractivity contribution in [1.29, 1.82) is 0 Å². The summed E-state index contributed by atoms with van der Waals surface area (Å²) in [5.41, 5.74) is 1.15. The molecule has 3 rings (SSSR count). The number of nitrogens with zero attached hydrogens (tertiary/aromatic N) is 3. The zero-order valence-corrected chi connectivity index (χ0v) is 17.0. The summed E-state index contributed by atoms with van der Waals surface area (Å²) in [6.07, 6.45) is 0. The van der Waals surface area contributed by atoms with Crippen LogP contribution in [0.4, 0.5) is 0 Å². The molecule has 0 saturated heterocycles. The molecule has 2 aromatic rings. The first-order chi connectivity index (χ1) is 10.9. The molecule has 0 amide bonds. The van der Waals surface area contributed by atoms with Gasteiger partial charge in [-0.2, -0.15) is 0 Å². The van der Waals surface area contributed by atoms with Gasteiger partial charge < -0.3 is 4.74 Å². The number of azo groups is 1. The second kappa shape index (κ2) is 6.60. The lowest BCUT2D eigenvalue weighted by atomic mass is 10.1. The molecule has 1 aliphatic rings. The maximum atomic E-state index is 12.3. The van der Waals surface area contributed by atoms with Gasteiger partial charge in [0.1, 0.15) is 20.7 Å². The first-order valence-electron chi connectivity index (χ1n) is 6.72. The van der Waals surface area contributed by atoms with Crippen LogP contribution in [0.1, 0.15) is 12.6 Å². The predicted molar refractivity (Wildman–Crippen MR) is 105 cm³/mol. The van der Waals surface area contributed by atoms with Crippen molar-refractivity contribution in [3.05, 3.63) is 45.3 Å². The van der Waals surface area contributed by atoms with Crippen LogP contribution in [-0.4, -0.2) is 20.6 Å². The van der Waals surface area contributed by atoms with E-state index in [9.17, 15) is 4.79 Å². The summed E-state index contributed by atoms with van der Waals surface area (Å²) in [5, 5.41) is 10.0. The third-order valence-corrected chi connectivity index (χ3v) is 4.80. The molecule has 1 aliphatic heterocycles. The fraction of sp³-hybridized carbons (Fsp3) is 0.200. The van der Waals surface area contributed by atoms with E-state index in [1.807, 2.05) is 52.9 Å². The van der Waals surface area contributed by atoms with Crippen LogP contribution in [0.5, 0.6) is 0 Å². The third kappa shape index (κ3) is 3.22. The summed E-state index contributed by atoms with van der Waals surface area (Å²) in [7, 11) is 0. The first-order valence-corrected chi connectivity index (χ1v) is 9.26. The number of fused-ring (bicyclic) bond motifs is 1. The van der Waals surface area contributed by atoms with E-state index < -0.39 is 8.97 Å². The van der Waals surface area contributed by atoms with Gasteiger partial charge in [-0.3, -0.25) is 0 Å². The van der Waals surface area contributed by atoms with Crippen LogP contribution >= 0.6 is 56.8 Å². The molecule has 1 aromatic carbocycles. The second-order valence-electron chi connectivity index (χ2n) is 4.70. The second-order valence-corrected chi connectivity index (χ2v) is 8.55. The highest BCUT2D eigenvalue weighted by Gasteiger charge is 2.43. The molecule has 2 heterocycles. The van der Waals surface area contributed by atoms with Gasteiger partial charge in [-0.05, 0) is 63.6 Å². The maximum Gasteiger partial charge on any atom is 0.341 e. The number of benzene rings is 1. The molecule has 1 atom stereocenters. The average molecular weight is 554 g/mol. The molecular weight excluding hydrogens is 543 g/mol. The average Bonchev–Trinajstić information content (AvgIpc) is 2.82. The molecule has 118 valence electrons. The summed E-state index contributed by atoms with van der Waals surface area (Å²) < 4.78 is 4.64. The van der Waals surface area contributed by atoms with Gasteiger partial charge in [-0.25, -0.2) is 9.78 Å². The Hall–Kier alpha value is -0.810. The maximum absolute atomic E-state index is 12.3. The SMILES string of the molecule is CCOC(=O)C1=C(c2nc(I)cc3ccccc23)N=NC1(Cl)I. The van der Waals surface area contributed by atoms with Crippen molar-refractivity contribution in [3.8, 4) is 0 Å². The number of aromatic nitrogens is 1. The van der Waals surface area contributed by atoms with Crippen molar-refractivity contribution < 1.29 is 9.53 Å². The van der Waals surface area contributed by atoms with E-state index in [4.69, 9.17) is 16.3 Å².